The van der Waals surface area contributed by atoms with E-state index in [-0.39, 0.29) is 0 Å². The van der Waals surface area contributed by atoms with Gasteiger partial charge in [0.1, 0.15) is 5.69 Å². The van der Waals surface area contributed by atoms with E-state index in [1.54, 1.807) is 6.20 Å². The summed E-state index contributed by atoms with van der Waals surface area (Å²) in [6.45, 7) is 1.95. The van der Waals surface area contributed by atoms with Crippen LogP contribution in [0.2, 0.25) is 5.02 Å². The number of aryl methyl sites for hydroxylation is 1. The van der Waals surface area contributed by atoms with Crippen molar-refractivity contribution in [1.82, 2.24) is 15.0 Å². The van der Waals surface area contributed by atoms with Gasteiger partial charge in [-0.15, -0.1) is 0 Å². The van der Waals surface area contributed by atoms with Crippen LogP contribution in [0.4, 0.5) is 0 Å². The van der Waals surface area contributed by atoms with Crippen molar-refractivity contribution < 1.29 is 0 Å². The molecule has 104 valence electrons. The fraction of sp³-hybridized carbons (Fsp3) is 0.118. The lowest BCUT2D eigenvalue weighted by atomic mass is 10.1. The van der Waals surface area contributed by atoms with Crippen LogP contribution < -0.4 is 0 Å². The molecule has 0 aliphatic heterocycles. The van der Waals surface area contributed by atoms with Gasteiger partial charge < -0.3 is 0 Å². The maximum absolute atomic E-state index is 6.02. The van der Waals surface area contributed by atoms with E-state index in [4.69, 9.17) is 11.6 Å². The van der Waals surface area contributed by atoms with Crippen LogP contribution in [0, 0.1) is 6.92 Å². The van der Waals surface area contributed by atoms with Crippen LogP contribution in [0.25, 0.3) is 11.5 Å². The van der Waals surface area contributed by atoms with Crippen molar-refractivity contribution in [2.24, 2.45) is 0 Å². The van der Waals surface area contributed by atoms with Crippen LogP contribution in [0.1, 0.15) is 17.0 Å². The quantitative estimate of drug-likeness (QED) is 0.730. The minimum atomic E-state index is 0.656. The third-order valence-electron chi connectivity index (χ3n) is 3.10. The van der Waals surface area contributed by atoms with Crippen molar-refractivity contribution in [3.8, 4) is 11.5 Å². The van der Waals surface area contributed by atoms with E-state index in [1.165, 1.54) is 0 Å². The van der Waals surface area contributed by atoms with Crippen molar-refractivity contribution in [3.05, 3.63) is 76.7 Å². The predicted molar refractivity (Wildman–Crippen MR) is 84.3 cm³/mol. The Kier molecular flexibility index (Phi) is 3.93. The van der Waals surface area contributed by atoms with Crippen molar-refractivity contribution in [2.75, 3.05) is 0 Å². The van der Waals surface area contributed by atoms with Crippen LogP contribution in [0.3, 0.4) is 0 Å². The lowest BCUT2D eigenvalue weighted by Gasteiger charge is -2.05. The smallest absolute Gasteiger partial charge is 0.178 e. The topological polar surface area (TPSA) is 38.7 Å². The number of hydrogen-bond acceptors (Lipinski definition) is 3. The third kappa shape index (κ3) is 3.44. The first-order valence-electron chi connectivity index (χ1n) is 6.71. The van der Waals surface area contributed by atoms with Gasteiger partial charge in [-0.3, -0.25) is 0 Å². The molecule has 4 heteroatoms. The Morgan fingerprint density at radius 1 is 1.00 bits per heavy atom. The summed E-state index contributed by atoms with van der Waals surface area (Å²) in [4.78, 5) is 13.3. The number of aromatic nitrogens is 3. The Bertz CT molecular complexity index is 771. The number of pyridine rings is 1. The first-order valence-corrected chi connectivity index (χ1v) is 7.09. The van der Waals surface area contributed by atoms with E-state index in [0.29, 0.717) is 5.82 Å². The molecule has 0 fully saturated rings. The molecule has 0 radical (unpaired) electrons. The molecule has 0 atom stereocenters. The molecule has 0 saturated heterocycles. The SMILES string of the molecule is Cc1ccnc(-c2cccc(Cc3cccc(Cl)c3)n2)n1. The van der Waals surface area contributed by atoms with Crippen LogP contribution in [0.15, 0.2) is 54.7 Å². The fourth-order valence-corrected chi connectivity index (χ4v) is 2.34. The number of nitrogens with zero attached hydrogens (tertiary/aromatic N) is 3. The molecule has 21 heavy (non-hydrogen) atoms. The van der Waals surface area contributed by atoms with Gasteiger partial charge in [-0.1, -0.05) is 29.8 Å². The average molecular weight is 296 g/mol. The van der Waals surface area contributed by atoms with Crippen molar-refractivity contribution in [2.45, 2.75) is 13.3 Å². The largest absolute Gasteiger partial charge is 0.249 e. The molecule has 0 spiro atoms. The molecule has 1 aromatic carbocycles. The summed E-state index contributed by atoms with van der Waals surface area (Å²) in [5, 5.41) is 0.741. The second-order valence-corrected chi connectivity index (χ2v) is 5.28. The van der Waals surface area contributed by atoms with Gasteiger partial charge in [0.15, 0.2) is 5.82 Å². The summed E-state index contributed by atoms with van der Waals surface area (Å²) in [5.74, 6) is 0.656. The maximum Gasteiger partial charge on any atom is 0.178 e. The van der Waals surface area contributed by atoms with Gasteiger partial charge in [-0.25, -0.2) is 15.0 Å². The monoisotopic (exact) mass is 295 g/mol. The Labute approximate surface area is 128 Å². The van der Waals surface area contributed by atoms with Crippen LogP contribution >= 0.6 is 11.6 Å². The number of halogens is 1. The molecule has 3 rings (SSSR count). The van der Waals surface area contributed by atoms with Gasteiger partial charge in [-0.2, -0.15) is 0 Å². The van der Waals surface area contributed by atoms with Gasteiger partial charge >= 0.3 is 0 Å². The zero-order chi connectivity index (χ0) is 14.7. The molecular formula is C17H14ClN3. The highest BCUT2D eigenvalue weighted by Crippen LogP contribution is 2.16. The van der Waals surface area contributed by atoms with E-state index in [1.807, 2.05) is 55.5 Å². The molecule has 0 N–H and O–H groups in total. The molecule has 0 aliphatic carbocycles. The minimum Gasteiger partial charge on any atom is -0.249 e. The fourth-order valence-electron chi connectivity index (χ4n) is 2.13. The lowest BCUT2D eigenvalue weighted by Crippen LogP contribution is -1.97. The van der Waals surface area contributed by atoms with Crippen LogP contribution in [-0.4, -0.2) is 15.0 Å². The summed E-state index contributed by atoms with van der Waals surface area (Å²) in [5.41, 5.74) is 3.83. The van der Waals surface area contributed by atoms with Crippen LogP contribution in [-0.2, 0) is 6.42 Å². The highest BCUT2D eigenvalue weighted by atomic mass is 35.5. The van der Waals surface area contributed by atoms with E-state index in [0.717, 1.165) is 34.1 Å². The summed E-state index contributed by atoms with van der Waals surface area (Å²) < 4.78 is 0. The minimum absolute atomic E-state index is 0.656. The molecule has 2 heterocycles. The summed E-state index contributed by atoms with van der Waals surface area (Å²) in [7, 11) is 0. The van der Waals surface area contributed by atoms with Crippen LogP contribution in [0.5, 0.6) is 0 Å². The number of benzene rings is 1. The highest BCUT2D eigenvalue weighted by molar-refractivity contribution is 6.30. The molecular weight excluding hydrogens is 282 g/mol. The van der Waals surface area contributed by atoms with Gasteiger partial charge in [0.05, 0.1) is 0 Å². The second-order valence-electron chi connectivity index (χ2n) is 4.84. The summed E-state index contributed by atoms with van der Waals surface area (Å²) in [6, 6.07) is 15.6. The van der Waals surface area contributed by atoms with Crippen molar-refractivity contribution in [1.29, 1.82) is 0 Å². The number of rotatable bonds is 3. The van der Waals surface area contributed by atoms with Gasteiger partial charge in [0.25, 0.3) is 0 Å². The summed E-state index contributed by atoms with van der Waals surface area (Å²) in [6.07, 6.45) is 2.49. The maximum atomic E-state index is 6.02. The molecule has 0 saturated carbocycles. The summed E-state index contributed by atoms with van der Waals surface area (Å²) >= 11 is 6.02. The van der Waals surface area contributed by atoms with E-state index < -0.39 is 0 Å². The first kappa shape index (κ1) is 13.7. The van der Waals surface area contributed by atoms with E-state index in [9.17, 15) is 0 Å². The highest BCUT2D eigenvalue weighted by Gasteiger charge is 2.05. The molecule has 2 aromatic heterocycles. The van der Waals surface area contributed by atoms with Crippen molar-refractivity contribution in [3.63, 3.8) is 0 Å². The molecule has 0 unspecified atom stereocenters. The lowest BCUT2D eigenvalue weighted by molar-refractivity contribution is 1.04. The Morgan fingerprint density at radius 3 is 2.67 bits per heavy atom. The Balaban J connectivity index is 1.90. The predicted octanol–water partition coefficient (Wildman–Crippen LogP) is 4.09. The molecule has 0 bridgehead atoms. The molecule has 3 nitrogen and oxygen atoms in total. The normalized spacial score (nSPS) is 10.6. The van der Waals surface area contributed by atoms with E-state index >= 15 is 0 Å². The van der Waals surface area contributed by atoms with Gasteiger partial charge in [0, 0.05) is 29.0 Å². The zero-order valence-electron chi connectivity index (χ0n) is 11.6. The third-order valence-corrected chi connectivity index (χ3v) is 3.34. The Hall–Kier alpha value is -2.26. The van der Waals surface area contributed by atoms with E-state index in [2.05, 4.69) is 15.0 Å². The first-order chi connectivity index (χ1) is 10.2. The molecule has 0 amide bonds. The van der Waals surface area contributed by atoms with Crippen molar-refractivity contribution >= 4 is 11.6 Å². The standard InChI is InChI=1S/C17H14ClN3/c1-12-8-9-19-17(20-12)16-7-3-6-15(21-16)11-13-4-2-5-14(18)10-13/h2-10H,11H2,1H3. The number of hydrogen-bond donors (Lipinski definition) is 0. The molecule has 0 aliphatic rings. The Morgan fingerprint density at radius 2 is 1.86 bits per heavy atom. The van der Waals surface area contributed by atoms with Gasteiger partial charge in [0.2, 0.25) is 0 Å². The zero-order valence-corrected chi connectivity index (χ0v) is 12.4. The molecule has 3 aromatic rings. The average Bonchev–Trinajstić information content (AvgIpc) is 2.47. The van der Waals surface area contributed by atoms with Gasteiger partial charge in [-0.05, 0) is 42.8 Å². The second kappa shape index (κ2) is 6.02.